The number of hydrogen-bond donors (Lipinski definition) is 2. The van der Waals surface area contributed by atoms with Crippen molar-refractivity contribution in [2.24, 2.45) is 0 Å². The summed E-state index contributed by atoms with van der Waals surface area (Å²) in [4.78, 5) is 11.4. The third-order valence-corrected chi connectivity index (χ3v) is 2.20. The molecule has 0 saturated carbocycles. The number of fused-ring (bicyclic) bond motifs is 1. The zero-order valence-corrected chi connectivity index (χ0v) is 7.65. The Bertz CT molecular complexity index is 376. The van der Waals surface area contributed by atoms with Crippen molar-refractivity contribution >= 4 is 28.8 Å². The van der Waals surface area contributed by atoms with Gasteiger partial charge < -0.3 is 10.6 Å². The Morgan fingerprint density at radius 3 is 2.92 bits per heavy atom. The Kier molecular flexibility index (Phi) is 1.98. The molecule has 1 aliphatic heterocycles. The van der Waals surface area contributed by atoms with Crippen LogP contribution in [0.3, 0.4) is 0 Å². The third kappa shape index (κ3) is 1.53. The number of benzene rings is 1. The number of carbonyl (C=O) groups excluding carboxylic acids is 1. The molecule has 0 unspecified atom stereocenters. The van der Waals surface area contributed by atoms with Crippen LogP contribution >= 0.6 is 12.2 Å². The second-order valence-corrected chi connectivity index (χ2v) is 3.20. The molecule has 1 aliphatic rings. The molecule has 3 nitrogen and oxygen atoms in total. The van der Waals surface area contributed by atoms with Gasteiger partial charge in [0.2, 0.25) is 0 Å². The molecule has 4 heteroatoms. The van der Waals surface area contributed by atoms with Crippen molar-refractivity contribution in [2.75, 3.05) is 5.32 Å². The first-order chi connectivity index (χ1) is 6.27. The van der Waals surface area contributed by atoms with E-state index in [1.807, 2.05) is 24.3 Å². The molecule has 2 rings (SSSR count). The molecular formula is C9H8N2OS. The highest BCUT2D eigenvalue weighted by atomic mass is 32.1. The lowest BCUT2D eigenvalue weighted by Crippen LogP contribution is -2.30. The maximum Gasteiger partial charge on any atom is 0.279 e. The van der Waals surface area contributed by atoms with Crippen molar-refractivity contribution in [3.63, 3.8) is 0 Å². The van der Waals surface area contributed by atoms with E-state index in [1.165, 1.54) is 0 Å². The molecule has 0 bridgehead atoms. The third-order valence-electron chi connectivity index (χ3n) is 1.91. The Morgan fingerprint density at radius 2 is 2.08 bits per heavy atom. The van der Waals surface area contributed by atoms with Gasteiger partial charge in [-0.25, -0.2) is 0 Å². The van der Waals surface area contributed by atoms with Crippen molar-refractivity contribution in [1.82, 2.24) is 5.32 Å². The minimum absolute atomic E-state index is 0.216. The number of nitrogens with one attached hydrogen (secondary N) is 2. The number of rotatable bonds is 0. The lowest BCUT2D eigenvalue weighted by Gasteiger charge is -2.04. The lowest BCUT2D eigenvalue weighted by molar-refractivity contribution is -0.114. The fraction of sp³-hybridized carbons (Fsp3) is 0.111. The normalized spacial score (nSPS) is 15.4. The molecule has 1 aromatic rings. The Hall–Kier alpha value is -1.42. The number of amides is 1. The molecule has 2 N–H and O–H groups in total. The highest BCUT2D eigenvalue weighted by Gasteiger charge is 2.15. The van der Waals surface area contributed by atoms with Gasteiger partial charge in [0.25, 0.3) is 5.91 Å². The summed E-state index contributed by atoms with van der Waals surface area (Å²) in [6.45, 7) is 0.530. The first-order valence-electron chi connectivity index (χ1n) is 3.94. The van der Waals surface area contributed by atoms with Crippen LogP contribution in [0.15, 0.2) is 24.3 Å². The fourth-order valence-electron chi connectivity index (χ4n) is 1.23. The minimum atomic E-state index is -0.216. The van der Waals surface area contributed by atoms with E-state index in [0.717, 1.165) is 11.3 Å². The predicted octanol–water partition coefficient (Wildman–Crippen LogP) is 1.06. The number of carbonyl (C=O) groups is 1. The number of anilines is 1. The molecule has 0 aromatic heterocycles. The average Bonchev–Trinajstić information content (AvgIpc) is 2.28. The lowest BCUT2D eigenvalue weighted by atomic mass is 10.2. The second kappa shape index (κ2) is 3.14. The first kappa shape index (κ1) is 8.19. The Morgan fingerprint density at radius 1 is 1.31 bits per heavy atom. The summed E-state index contributed by atoms with van der Waals surface area (Å²) < 4.78 is 0. The smallest absolute Gasteiger partial charge is 0.279 e. The van der Waals surface area contributed by atoms with Crippen molar-refractivity contribution in [3.8, 4) is 0 Å². The molecule has 1 aromatic carbocycles. The molecule has 0 aliphatic carbocycles. The summed E-state index contributed by atoms with van der Waals surface area (Å²) in [7, 11) is 0. The molecule has 13 heavy (non-hydrogen) atoms. The van der Waals surface area contributed by atoms with Gasteiger partial charge >= 0.3 is 0 Å². The molecule has 66 valence electrons. The van der Waals surface area contributed by atoms with Crippen LogP contribution in [0.25, 0.3) is 0 Å². The van der Waals surface area contributed by atoms with Crippen LogP contribution in [0, 0.1) is 0 Å². The molecule has 1 heterocycles. The molecule has 0 fully saturated rings. The summed E-state index contributed by atoms with van der Waals surface area (Å²) in [6.07, 6.45) is 0. The number of para-hydroxylation sites is 1. The van der Waals surface area contributed by atoms with Gasteiger partial charge in [-0.05, 0) is 11.6 Å². The van der Waals surface area contributed by atoms with Crippen molar-refractivity contribution in [3.05, 3.63) is 29.8 Å². The van der Waals surface area contributed by atoms with Gasteiger partial charge in [0.05, 0.1) is 0 Å². The van der Waals surface area contributed by atoms with Gasteiger partial charge in [-0.15, -0.1) is 0 Å². The molecule has 0 radical (unpaired) electrons. The summed E-state index contributed by atoms with van der Waals surface area (Å²) >= 11 is 4.87. The topological polar surface area (TPSA) is 41.1 Å². The zero-order chi connectivity index (χ0) is 9.26. The summed E-state index contributed by atoms with van der Waals surface area (Å²) in [5, 5.41) is 5.60. The van der Waals surface area contributed by atoms with Gasteiger partial charge in [0, 0.05) is 12.2 Å². The van der Waals surface area contributed by atoms with Crippen LogP contribution in [0.1, 0.15) is 5.56 Å². The van der Waals surface area contributed by atoms with E-state index in [-0.39, 0.29) is 10.9 Å². The van der Waals surface area contributed by atoms with E-state index < -0.39 is 0 Å². The summed E-state index contributed by atoms with van der Waals surface area (Å²) in [6, 6.07) is 7.70. The largest absolute Gasteiger partial charge is 0.346 e. The van der Waals surface area contributed by atoms with Crippen molar-refractivity contribution in [1.29, 1.82) is 0 Å². The van der Waals surface area contributed by atoms with Gasteiger partial charge in [0.1, 0.15) is 0 Å². The second-order valence-electron chi connectivity index (χ2n) is 2.79. The standard InChI is InChI=1S/C9H8N2OS/c12-8-9(13)11-7-4-2-1-3-6(7)5-10-8/h1-4H,5H2,(H,10,12)(H,11,13). The maximum atomic E-state index is 11.2. The Balaban J connectivity index is 2.40. The highest BCUT2D eigenvalue weighted by molar-refractivity contribution is 7.82. The maximum absolute atomic E-state index is 11.2. The molecule has 0 atom stereocenters. The predicted molar refractivity (Wildman–Crippen MR) is 54.5 cm³/mol. The van der Waals surface area contributed by atoms with Crippen LogP contribution in [-0.2, 0) is 11.3 Å². The minimum Gasteiger partial charge on any atom is -0.346 e. The molecule has 1 amide bonds. The van der Waals surface area contributed by atoms with Gasteiger partial charge in [-0.3, -0.25) is 4.79 Å². The molecule has 0 spiro atoms. The van der Waals surface area contributed by atoms with Crippen LogP contribution < -0.4 is 10.6 Å². The average molecular weight is 192 g/mol. The van der Waals surface area contributed by atoms with E-state index in [0.29, 0.717) is 6.54 Å². The van der Waals surface area contributed by atoms with Crippen molar-refractivity contribution in [2.45, 2.75) is 6.54 Å². The molecular weight excluding hydrogens is 184 g/mol. The van der Waals surface area contributed by atoms with E-state index in [9.17, 15) is 4.79 Å². The van der Waals surface area contributed by atoms with Crippen LogP contribution in [0.5, 0.6) is 0 Å². The zero-order valence-electron chi connectivity index (χ0n) is 6.83. The number of hydrogen-bond acceptors (Lipinski definition) is 2. The van der Waals surface area contributed by atoms with Gasteiger partial charge in [-0.1, -0.05) is 30.4 Å². The monoisotopic (exact) mass is 192 g/mol. The van der Waals surface area contributed by atoms with Crippen LogP contribution in [-0.4, -0.2) is 10.9 Å². The van der Waals surface area contributed by atoms with Gasteiger partial charge in [-0.2, -0.15) is 0 Å². The van der Waals surface area contributed by atoms with Crippen LogP contribution in [0.4, 0.5) is 5.69 Å². The Labute approximate surface area is 81.1 Å². The molecule has 0 saturated heterocycles. The van der Waals surface area contributed by atoms with Crippen LogP contribution in [0.2, 0.25) is 0 Å². The highest BCUT2D eigenvalue weighted by Crippen LogP contribution is 2.16. The fourth-order valence-corrected chi connectivity index (χ4v) is 1.41. The van der Waals surface area contributed by atoms with E-state index in [2.05, 4.69) is 10.6 Å². The van der Waals surface area contributed by atoms with E-state index in [1.54, 1.807) is 0 Å². The number of thiocarbonyl (C=S) groups is 1. The SMILES string of the molecule is O=C1NCc2ccccc2NC1=S. The van der Waals surface area contributed by atoms with E-state index >= 15 is 0 Å². The van der Waals surface area contributed by atoms with Crippen molar-refractivity contribution < 1.29 is 4.79 Å². The summed E-state index contributed by atoms with van der Waals surface area (Å²) in [5.74, 6) is -0.216. The van der Waals surface area contributed by atoms with Gasteiger partial charge in [0.15, 0.2) is 4.99 Å². The van der Waals surface area contributed by atoms with E-state index in [4.69, 9.17) is 12.2 Å². The first-order valence-corrected chi connectivity index (χ1v) is 4.35. The summed E-state index contributed by atoms with van der Waals surface area (Å²) in [5.41, 5.74) is 1.96. The quantitative estimate of drug-likeness (QED) is 0.604.